The lowest BCUT2D eigenvalue weighted by Crippen LogP contribution is -2.59. The molecule has 1 aliphatic heterocycles. The molecule has 0 amide bonds. The van der Waals surface area contributed by atoms with E-state index in [9.17, 15) is 25.2 Å². The van der Waals surface area contributed by atoms with Crippen molar-refractivity contribution in [2.75, 3.05) is 26.4 Å². The molecule has 42 heavy (non-hydrogen) atoms. The van der Waals surface area contributed by atoms with Gasteiger partial charge in [-0.15, -0.1) is 0 Å². The first-order valence-corrected chi connectivity index (χ1v) is 16.4. The van der Waals surface area contributed by atoms with Crippen molar-refractivity contribution in [1.29, 1.82) is 0 Å². The summed E-state index contributed by atoms with van der Waals surface area (Å²) in [5, 5.41) is 39.5. The van der Waals surface area contributed by atoms with Gasteiger partial charge in [-0.3, -0.25) is 4.79 Å². The predicted molar refractivity (Wildman–Crippen MR) is 164 cm³/mol. The molecule has 9 nitrogen and oxygen atoms in total. The van der Waals surface area contributed by atoms with Crippen molar-refractivity contribution < 1.29 is 44.2 Å². The Hall–Kier alpha value is -1.33. The van der Waals surface area contributed by atoms with Crippen molar-refractivity contribution in [2.24, 2.45) is 0 Å². The Labute approximate surface area is 254 Å². The van der Waals surface area contributed by atoms with E-state index in [0.29, 0.717) is 13.0 Å². The summed E-state index contributed by atoms with van der Waals surface area (Å²) in [6.07, 6.45) is 18.5. The van der Waals surface area contributed by atoms with Gasteiger partial charge in [0.05, 0.1) is 19.8 Å². The smallest absolute Gasteiger partial charge is 0.306 e. The van der Waals surface area contributed by atoms with E-state index in [2.05, 4.69) is 38.2 Å². The lowest BCUT2D eigenvalue weighted by Gasteiger charge is -2.39. The number of rotatable bonds is 26. The topological polar surface area (TPSA) is 135 Å². The molecule has 1 rings (SSSR count). The van der Waals surface area contributed by atoms with Gasteiger partial charge in [-0.2, -0.15) is 0 Å². The summed E-state index contributed by atoms with van der Waals surface area (Å²) in [5.41, 5.74) is 0. The molecule has 1 heterocycles. The van der Waals surface area contributed by atoms with Gasteiger partial charge in [0.15, 0.2) is 6.29 Å². The average molecular weight is 601 g/mol. The number of ether oxygens (including phenoxy) is 4. The van der Waals surface area contributed by atoms with Crippen molar-refractivity contribution in [3.8, 4) is 0 Å². The van der Waals surface area contributed by atoms with Gasteiger partial charge in [-0.05, 0) is 44.9 Å². The molecular formula is C33H60O9. The van der Waals surface area contributed by atoms with E-state index in [1.807, 2.05) is 0 Å². The van der Waals surface area contributed by atoms with Crippen LogP contribution in [-0.2, 0) is 23.7 Å². The molecule has 6 unspecified atom stereocenters. The summed E-state index contributed by atoms with van der Waals surface area (Å²) in [6.45, 7) is 4.30. The van der Waals surface area contributed by atoms with E-state index >= 15 is 0 Å². The summed E-state index contributed by atoms with van der Waals surface area (Å²) in [4.78, 5) is 12.3. The Bertz CT molecular complexity index is 697. The lowest BCUT2D eigenvalue weighted by atomic mass is 9.99. The van der Waals surface area contributed by atoms with Gasteiger partial charge in [0, 0.05) is 13.0 Å². The van der Waals surface area contributed by atoms with Crippen molar-refractivity contribution in [3.63, 3.8) is 0 Å². The predicted octanol–water partition coefficient (Wildman–Crippen LogP) is 5.13. The van der Waals surface area contributed by atoms with Gasteiger partial charge in [-0.25, -0.2) is 0 Å². The third-order valence-corrected chi connectivity index (χ3v) is 7.37. The van der Waals surface area contributed by atoms with Gasteiger partial charge in [-0.1, -0.05) is 89.5 Å². The molecule has 0 aromatic heterocycles. The monoisotopic (exact) mass is 600 g/mol. The van der Waals surface area contributed by atoms with E-state index < -0.39 is 43.4 Å². The molecule has 1 saturated heterocycles. The summed E-state index contributed by atoms with van der Waals surface area (Å²) in [5.74, 6) is -0.344. The highest BCUT2D eigenvalue weighted by Gasteiger charge is 2.44. The molecule has 246 valence electrons. The Kier molecular flexibility index (Phi) is 24.1. The van der Waals surface area contributed by atoms with Gasteiger partial charge >= 0.3 is 5.97 Å². The van der Waals surface area contributed by atoms with Crippen molar-refractivity contribution in [2.45, 2.75) is 153 Å². The fourth-order valence-corrected chi connectivity index (χ4v) is 4.69. The number of allylic oxidation sites excluding steroid dienone is 4. The average Bonchev–Trinajstić information content (AvgIpc) is 2.98. The van der Waals surface area contributed by atoms with Crippen LogP contribution in [0, 0.1) is 0 Å². The van der Waals surface area contributed by atoms with Crippen LogP contribution in [0.15, 0.2) is 24.3 Å². The summed E-state index contributed by atoms with van der Waals surface area (Å²) in [6, 6.07) is 0. The lowest BCUT2D eigenvalue weighted by molar-refractivity contribution is -0.305. The third kappa shape index (κ3) is 18.4. The fraction of sp³-hybridized carbons (Fsp3) is 0.848. The maximum absolute atomic E-state index is 12.3. The normalized spacial score (nSPS) is 23.6. The number of carbonyl (C=O) groups excluding carboxylic acids is 1. The van der Waals surface area contributed by atoms with Crippen LogP contribution in [0.5, 0.6) is 0 Å². The molecule has 1 fully saturated rings. The maximum Gasteiger partial charge on any atom is 0.306 e. The van der Waals surface area contributed by atoms with Gasteiger partial charge in [0.2, 0.25) is 0 Å². The number of unbranched alkanes of at least 4 members (excludes halogenated alkanes) is 11. The molecule has 1 aliphatic rings. The fourth-order valence-electron chi connectivity index (χ4n) is 4.69. The van der Waals surface area contributed by atoms with Crippen molar-refractivity contribution in [3.05, 3.63) is 24.3 Å². The third-order valence-electron chi connectivity index (χ3n) is 7.37. The van der Waals surface area contributed by atoms with E-state index in [-0.39, 0.29) is 19.2 Å². The van der Waals surface area contributed by atoms with Crippen LogP contribution < -0.4 is 0 Å². The second-order valence-corrected chi connectivity index (χ2v) is 11.3. The number of hydrogen-bond donors (Lipinski definition) is 4. The second kappa shape index (κ2) is 26.1. The minimum Gasteiger partial charge on any atom is -0.457 e. The van der Waals surface area contributed by atoms with Crippen molar-refractivity contribution >= 4 is 5.97 Å². The van der Waals surface area contributed by atoms with Crippen LogP contribution >= 0.6 is 0 Å². The maximum atomic E-state index is 12.3. The first-order valence-electron chi connectivity index (χ1n) is 16.4. The van der Waals surface area contributed by atoms with Crippen LogP contribution in [0.25, 0.3) is 0 Å². The molecule has 0 radical (unpaired) electrons. The largest absolute Gasteiger partial charge is 0.457 e. The van der Waals surface area contributed by atoms with Gasteiger partial charge in [0.25, 0.3) is 0 Å². The van der Waals surface area contributed by atoms with E-state index in [0.717, 1.165) is 51.4 Å². The Morgan fingerprint density at radius 1 is 0.762 bits per heavy atom. The standard InChI is InChI=1S/C33H60O9/c1-3-5-7-8-9-10-11-12-13-14-15-16-17-18-19-21-23-39-25-27(41-29(35)22-20-6-4-2)26-40-33-32(38)31(37)30(36)28(24-34)42-33/h9-10,12-13,27-28,30-34,36-38H,3-8,11,14-26H2,1-2H3/b10-9-,13-12-. The first kappa shape index (κ1) is 38.7. The molecule has 6 atom stereocenters. The van der Waals surface area contributed by atoms with Crippen LogP contribution in [0.4, 0.5) is 0 Å². The van der Waals surface area contributed by atoms with Crippen LogP contribution in [0.3, 0.4) is 0 Å². The van der Waals surface area contributed by atoms with Gasteiger partial charge < -0.3 is 39.4 Å². The Morgan fingerprint density at radius 3 is 2.05 bits per heavy atom. The molecule has 0 bridgehead atoms. The zero-order valence-electron chi connectivity index (χ0n) is 26.2. The second-order valence-electron chi connectivity index (χ2n) is 11.3. The number of aliphatic hydroxyl groups excluding tert-OH is 4. The Morgan fingerprint density at radius 2 is 1.38 bits per heavy atom. The first-order chi connectivity index (χ1) is 20.4. The molecule has 0 aromatic carbocycles. The minimum absolute atomic E-state index is 0.119. The van der Waals surface area contributed by atoms with E-state index in [4.69, 9.17) is 18.9 Å². The highest BCUT2D eigenvalue weighted by molar-refractivity contribution is 5.69. The van der Waals surface area contributed by atoms with E-state index in [1.165, 1.54) is 44.9 Å². The van der Waals surface area contributed by atoms with Crippen LogP contribution in [0.1, 0.15) is 117 Å². The Balaban J connectivity index is 2.25. The van der Waals surface area contributed by atoms with Crippen molar-refractivity contribution in [1.82, 2.24) is 0 Å². The summed E-state index contributed by atoms with van der Waals surface area (Å²) < 4.78 is 22.3. The van der Waals surface area contributed by atoms with Gasteiger partial charge in [0.1, 0.15) is 30.5 Å². The number of hydrogen-bond acceptors (Lipinski definition) is 9. The molecule has 0 aromatic rings. The molecule has 4 N–H and O–H groups in total. The zero-order chi connectivity index (χ0) is 30.8. The number of esters is 1. The molecule has 9 heteroatoms. The zero-order valence-corrected chi connectivity index (χ0v) is 26.2. The summed E-state index contributed by atoms with van der Waals surface area (Å²) in [7, 11) is 0. The van der Waals surface area contributed by atoms with Crippen LogP contribution in [0.2, 0.25) is 0 Å². The molecule has 0 spiro atoms. The minimum atomic E-state index is -1.53. The summed E-state index contributed by atoms with van der Waals surface area (Å²) >= 11 is 0. The SMILES string of the molecule is CCCCC/C=C\C/C=C\CCCCCCCCOCC(COC1OC(CO)C(O)C(O)C1O)OC(=O)CCCCC. The number of carbonyl (C=O) groups is 1. The van der Waals surface area contributed by atoms with E-state index in [1.54, 1.807) is 0 Å². The number of aliphatic hydroxyl groups is 4. The highest BCUT2D eigenvalue weighted by Crippen LogP contribution is 2.22. The highest BCUT2D eigenvalue weighted by atomic mass is 16.7. The molecule has 0 saturated carbocycles. The molecule has 0 aliphatic carbocycles. The van der Waals surface area contributed by atoms with Crippen LogP contribution in [-0.4, -0.2) is 89.6 Å². The molecular weight excluding hydrogens is 540 g/mol. The quantitative estimate of drug-likeness (QED) is 0.0606.